The average Bonchev–Trinajstić information content (AvgIpc) is 3.47. The first kappa shape index (κ1) is 24.8. The van der Waals surface area contributed by atoms with Crippen molar-refractivity contribution in [1.82, 2.24) is 20.4 Å². The Labute approximate surface area is 205 Å². The zero-order valence-corrected chi connectivity index (χ0v) is 20.8. The van der Waals surface area contributed by atoms with E-state index in [1.165, 1.54) is 0 Å². The Bertz CT molecular complexity index is 1210. The third-order valence-corrected chi connectivity index (χ3v) is 6.59. The summed E-state index contributed by atoms with van der Waals surface area (Å²) in [4.78, 5) is 26.8. The normalized spacial score (nSPS) is 16.5. The molecule has 2 heterocycles. The van der Waals surface area contributed by atoms with Gasteiger partial charge in [-0.15, -0.1) is 0 Å². The van der Waals surface area contributed by atoms with E-state index in [1.54, 1.807) is 16.8 Å². The van der Waals surface area contributed by atoms with Crippen molar-refractivity contribution in [3.05, 3.63) is 76.9 Å². The zero-order valence-electron chi connectivity index (χ0n) is 20.8. The molecule has 1 fully saturated rings. The summed E-state index contributed by atoms with van der Waals surface area (Å²) in [6.07, 6.45) is 1.60. The number of nitrogens with zero attached hydrogens (tertiary/aromatic N) is 2. The van der Waals surface area contributed by atoms with Gasteiger partial charge in [0.05, 0.1) is 11.7 Å². The molecule has 0 spiro atoms. The van der Waals surface area contributed by atoms with Crippen molar-refractivity contribution in [3.63, 3.8) is 0 Å². The van der Waals surface area contributed by atoms with E-state index in [2.05, 4.69) is 15.7 Å². The highest BCUT2D eigenvalue weighted by Crippen LogP contribution is 2.36. The van der Waals surface area contributed by atoms with Gasteiger partial charge < -0.3 is 10.6 Å². The Morgan fingerprint density at radius 1 is 1.14 bits per heavy atom. The Morgan fingerprint density at radius 2 is 1.86 bits per heavy atom. The monoisotopic (exact) mass is 476 g/mol. The Hall–Kier alpha value is -3.32. The number of aromatic nitrogens is 2. The summed E-state index contributed by atoms with van der Waals surface area (Å²) < 4.78 is 17.6. The number of hydrogen-bond acceptors (Lipinski definition) is 4. The molecule has 1 amide bonds. The van der Waals surface area contributed by atoms with Crippen LogP contribution in [0.4, 0.5) is 4.39 Å². The van der Waals surface area contributed by atoms with Gasteiger partial charge in [0.25, 0.3) is 0 Å². The maximum Gasteiger partial charge on any atom is 0.237 e. The van der Waals surface area contributed by atoms with Gasteiger partial charge in [-0.25, -0.2) is 4.39 Å². The minimum absolute atomic E-state index is 0.0233. The van der Waals surface area contributed by atoms with Crippen molar-refractivity contribution in [2.24, 2.45) is 0 Å². The lowest BCUT2D eigenvalue weighted by molar-refractivity contribution is -0.129. The van der Waals surface area contributed by atoms with Crippen LogP contribution in [-0.2, 0) is 16.1 Å². The van der Waals surface area contributed by atoms with Crippen molar-refractivity contribution in [2.75, 3.05) is 6.54 Å². The molecule has 4 rings (SSSR count). The van der Waals surface area contributed by atoms with E-state index in [9.17, 15) is 9.59 Å². The van der Waals surface area contributed by atoms with E-state index < -0.39 is 6.04 Å². The summed E-state index contributed by atoms with van der Waals surface area (Å²) in [6, 6.07) is 13.2. The van der Waals surface area contributed by atoms with Crippen molar-refractivity contribution < 1.29 is 14.0 Å². The molecule has 3 aromatic rings. The summed E-state index contributed by atoms with van der Waals surface area (Å²) in [5, 5.41) is 10.5. The minimum Gasteiger partial charge on any atom is -0.341 e. The number of carbonyl (C=O) groups is 2. The van der Waals surface area contributed by atoms with Gasteiger partial charge in [-0.1, -0.05) is 56.3 Å². The smallest absolute Gasteiger partial charge is 0.237 e. The largest absolute Gasteiger partial charge is 0.341 e. The topological polar surface area (TPSA) is 76.0 Å². The van der Waals surface area contributed by atoms with Gasteiger partial charge in [0.1, 0.15) is 18.4 Å². The number of benzene rings is 2. The molecule has 2 N–H and O–H groups in total. The second kappa shape index (κ2) is 10.5. The summed E-state index contributed by atoms with van der Waals surface area (Å²) in [6.45, 7) is 8.36. The molecule has 0 radical (unpaired) electrons. The summed E-state index contributed by atoms with van der Waals surface area (Å²) in [5.74, 6) is -0.897. The lowest BCUT2D eigenvalue weighted by atomic mass is 9.88. The number of halogens is 1. The molecule has 0 bridgehead atoms. The molecule has 184 valence electrons. The van der Waals surface area contributed by atoms with Gasteiger partial charge in [-0.05, 0) is 61.9 Å². The van der Waals surface area contributed by atoms with Gasteiger partial charge in [0.15, 0.2) is 5.78 Å². The molecular formula is C28H33FN4O2. The molecule has 6 nitrogen and oxygen atoms in total. The van der Waals surface area contributed by atoms with Crippen molar-refractivity contribution in [1.29, 1.82) is 0 Å². The number of nitrogens with one attached hydrogen (secondary N) is 2. The quantitative estimate of drug-likeness (QED) is 0.498. The van der Waals surface area contributed by atoms with E-state index in [4.69, 9.17) is 0 Å². The summed E-state index contributed by atoms with van der Waals surface area (Å²) in [5.41, 5.74) is 3.70. The molecule has 1 aliphatic heterocycles. The Morgan fingerprint density at radius 3 is 2.46 bits per heavy atom. The fraction of sp³-hybridized carbons (Fsp3) is 0.393. The van der Waals surface area contributed by atoms with Crippen LogP contribution in [0.1, 0.15) is 61.2 Å². The number of hydrogen-bond donors (Lipinski definition) is 2. The van der Waals surface area contributed by atoms with E-state index >= 15 is 4.39 Å². The molecule has 35 heavy (non-hydrogen) atoms. The van der Waals surface area contributed by atoms with E-state index in [1.807, 2.05) is 64.1 Å². The lowest BCUT2D eigenvalue weighted by Crippen LogP contribution is -2.45. The third-order valence-electron chi connectivity index (χ3n) is 6.59. The minimum atomic E-state index is -1.01. The maximum atomic E-state index is 16.0. The van der Waals surface area contributed by atoms with Crippen LogP contribution in [-0.4, -0.2) is 34.1 Å². The van der Waals surface area contributed by atoms with Crippen LogP contribution < -0.4 is 10.6 Å². The number of carbonyl (C=O) groups excluding carboxylic acids is 2. The molecule has 7 heteroatoms. The molecular weight excluding hydrogens is 443 g/mol. The molecule has 2 atom stereocenters. The SMILES string of the molecule is Cc1cc(C)n(CC(=O)C(NC(=O)C2CCCN2)c2ccc(C(C)C)c(F)c2-c2ccccc2)n1. The van der Waals surface area contributed by atoms with Crippen molar-refractivity contribution >= 4 is 11.7 Å². The van der Waals surface area contributed by atoms with Crippen LogP contribution in [0.2, 0.25) is 0 Å². The fourth-order valence-electron chi connectivity index (χ4n) is 4.75. The van der Waals surface area contributed by atoms with Gasteiger partial charge in [0.2, 0.25) is 5.91 Å². The summed E-state index contributed by atoms with van der Waals surface area (Å²) >= 11 is 0. The van der Waals surface area contributed by atoms with Crippen LogP contribution >= 0.6 is 0 Å². The maximum absolute atomic E-state index is 16.0. The predicted molar refractivity (Wildman–Crippen MR) is 135 cm³/mol. The number of ketones is 1. The van der Waals surface area contributed by atoms with Gasteiger partial charge in [0, 0.05) is 11.3 Å². The zero-order chi connectivity index (χ0) is 25.1. The third kappa shape index (κ3) is 5.35. The van der Waals surface area contributed by atoms with Gasteiger partial charge in [-0.2, -0.15) is 5.10 Å². The highest BCUT2D eigenvalue weighted by Gasteiger charge is 2.32. The van der Waals surface area contributed by atoms with Crippen LogP contribution in [0.3, 0.4) is 0 Å². The van der Waals surface area contributed by atoms with Crippen LogP contribution in [0, 0.1) is 19.7 Å². The standard InChI is InChI=1S/C28H33FN4O2/c1-17(2)21-12-13-22(25(26(21)29)20-9-6-5-7-10-20)27(31-28(35)23-11-8-14-30-23)24(34)16-33-19(4)15-18(3)32-33/h5-7,9-10,12-13,15,17,23,27,30H,8,11,14,16H2,1-4H3,(H,31,35). The van der Waals surface area contributed by atoms with E-state index in [0.717, 1.165) is 24.4 Å². The molecule has 1 aromatic heterocycles. The molecule has 1 saturated heterocycles. The lowest BCUT2D eigenvalue weighted by Gasteiger charge is -2.25. The van der Waals surface area contributed by atoms with Crippen LogP contribution in [0.5, 0.6) is 0 Å². The second-order valence-electron chi connectivity index (χ2n) is 9.60. The number of aryl methyl sites for hydroxylation is 2. The van der Waals surface area contributed by atoms with Gasteiger partial charge >= 0.3 is 0 Å². The number of amides is 1. The first-order valence-corrected chi connectivity index (χ1v) is 12.2. The van der Waals surface area contributed by atoms with Crippen molar-refractivity contribution in [3.8, 4) is 11.1 Å². The number of rotatable bonds is 8. The predicted octanol–water partition coefficient (Wildman–Crippen LogP) is 4.61. The Kier molecular flexibility index (Phi) is 7.45. The second-order valence-corrected chi connectivity index (χ2v) is 9.60. The van der Waals surface area contributed by atoms with E-state index in [0.29, 0.717) is 28.7 Å². The molecule has 2 unspecified atom stereocenters. The Balaban J connectivity index is 1.81. The molecule has 0 aliphatic carbocycles. The van der Waals surface area contributed by atoms with Crippen LogP contribution in [0.25, 0.3) is 11.1 Å². The fourth-order valence-corrected chi connectivity index (χ4v) is 4.75. The molecule has 0 saturated carbocycles. The first-order chi connectivity index (χ1) is 16.8. The van der Waals surface area contributed by atoms with Crippen LogP contribution in [0.15, 0.2) is 48.5 Å². The molecule has 2 aromatic carbocycles. The number of Topliss-reactive ketones (excluding diaryl/α,β-unsaturated/α-hetero) is 1. The highest BCUT2D eigenvalue weighted by molar-refractivity contribution is 5.93. The average molecular weight is 477 g/mol. The first-order valence-electron chi connectivity index (χ1n) is 12.2. The van der Waals surface area contributed by atoms with Crippen molar-refractivity contribution in [2.45, 2.75) is 65.1 Å². The molecule has 1 aliphatic rings. The van der Waals surface area contributed by atoms with Gasteiger partial charge in [-0.3, -0.25) is 14.3 Å². The highest BCUT2D eigenvalue weighted by atomic mass is 19.1. The van der Waals surface area contributed by atoms with E-state index in [-0.39, 0.29) is 36.0 Å². The summed E-state index contributed by atoms with van der Waals surface area (Å²) in [7, 11) is 0.